The van der Waals surface area contributed by atoms with Gasteiger partial charge in [0.15, 0.2) is 6.10 Å². The summed E-state index contributed by atoms with van der Waals surface area (Å²) in [4.78, 5) is 23.2. The van der Waals surface area contributed by atoms with Crippen LogP contribution in [0.15, 0.2) is 42.5 Å². The maximum atomic E-state index is 11.9. The smallest absolute Gasteiger partial charge is 0.321 e. The van der Waals surface area contributed by atoms with E-state index in [9.17, 15) is 9.59 Å². The van der Waals surface area contributed by atoms with Gasteiger partial charge in [0.2, 0.25) is 0 Å². The number of imide groups is 1. The second-order valence-electron chi connectivity index (χ2n) is 4.59. The van der Waals surface area contributed by atoms with Crippen LogP contribution >= 0.6 is 0 Å². The van der Waals surface area contributed by atoms with Gasteiger partial charge in [-0.15, -0.1) is 0 Å². The van der Waals surface area contributed by atoms with Crippen LogP contribution in [0.4, 0.5) is 4.79 Å². The number of hydrogen-bond acceptors (Lipinski definition) is 3. The van der Waals surface area contributed by atoms with Crippen LogP contribution < -0.4 is 15.4 Å². The summed E-state index contributed by atoms with van der Waals surface area (Å²) in [5.41, 5.74) is 0. The number of ether oxygens (including phenoxy) is 1. The van der Waals surface area contributed by atoms with Crippen molar-refractivity contribution in [1.29, 1.82) is 0 Å². The summed E-state index contributed by atoms with van der Waals surface area (Å²) in [6.07, 6.45) is -0.765. The highest BCUT2D eigenvalue weighted by Crippen LogP contribution is 2.25. The fraction of sp³-hybridized carbons (Fsp3) is 0.250. The highest BCUT2D eigenvalue weighted by molar-refractivity contribution is 5.96. The normalized spacial score (nSPS) is 11.7. The fourth-order valence-electron chi connectivity index (χ4n) is 1.96. The Kier molecular flexibility index (Phi) is 4.77. The van der Waals surface area contributed by atoms with Crippen molar-refractivity contribution in [2.45, 2.75) is 20.0 Å². The van der Waals surface area contributed by atoms with Crippen LogP contribution in [-0.2, 0) is 4.79 Å². The molecule has 2 aromatic carbocycles. The van der Waals surface area contributed by atoms with E-state index in [0.29, 0.717) is 12.3 Å². The van der Waals surface area contributed by atoms with Crippen molar-refractivity contribution in [2.24, 2.45) is 0 Å². The van der Waals surface area contributed by atoms with Gasteiger partial charge in [-0.3, -0.25) is 10.1 Å². The lowest BCUT2D eigenvalue weighted by Gasteiger charge is -2.15. The summed E-state index contributed by atoms with van der Waals surface area (Å²) in [5.74, 6) is 0.139. The molecule has 0 aliphatic carbocycles. The van der Waals surface area contributed by atoms with Crippen molar-refractivity contribution in [3.8, 4) is 5.75 Å². The van der Waals surface area contributed by atoms with E-state index < -0.39 is 18.0 Å². The minimum Gasteiger partial charge on any atom is -0.480 e. The first-order valence-corrected chi connectivity index (χ1v) is 6.85. The molecule has 0 bridgehead atoms. The molecule has 2 rings (SSSR count). The first kappa shape index (κ1) is 14.8. The van der Waals surface area contributed by atoms with E-state index in [2.05, 4.69) is 10.6 Å². The summed E-state index contributed by atoms with van der Waals surface area (Å²) in [6.45, 7) is 3.84. The molecule has 21 heavy (non-hydrogen) atoms. The first-order valence-electron chi connectivity index (χ1n) is 6.85. The number of hydrogen-bond donors (Lipinski definition) is 2. The molecular weight excluding hydrogens is 268 g/mol. The van der Waals surface area contributed by atoms with Crippen LogP contribution in [0.5, 0.6) is 5.75 Å². The van der Waals surface area contributed by atoms with Crippen LogP contribution in [0, 0.1) is 0 Å². The van der Waals surface area contributed by atoms with Gasteiger partial charge < -0.3 is 10.1 Å². The predicted octanol–water partition coefficient (Wildman–Crippen LogP) is 2.45. The predicted molar refractivity (Wildman–Crippen MR) is 81.3 cm³/mol. The number of nitrogens with one attached hydrogen (secondary N) is 2. The van der Waals surface area contributed by atoms with Gasteiger partial charge in [0.05, 0.1) is 0 Å². The van der Waals surface area contributed by atoms with E-state index in [0.717, 1.165) is 10.8 Å². The third-order valence-corrected chi connectivity index (χ3v) is 3.00. The van der Waals surface area contributed by atoms with Crippen molar-refractivity contribution >= 4 is 22.7 Å². The molecule has 3 amide bonds. The minimum absolute atomic E-state index is 0.456. The lowest BCUT2D eigenvalue weighted by atomic mass is 10.1. The van der Waals surface area contributed by atoms with Crippen molar-refractivity contribution in [3.05, 3.63) is 42.5 Å². The van der Waals surface area contributed by atoms with E-state index in [-0.39, 0.29) is 0 Å². The Labute approximate surface area is 123 Å². The van der Waals surface area contributed by atoms with E-state index in [4.69, 9.17) is 4.74 Å². The second-order valence-corrected chi connectivity index (χ2v) is 4.59. The molecule has 0 radical (unpaired) electrons. The maximum absolute atomic E-state index is 11.9. The second kappa shape index (κ2) is 6.74. The Morgan fingerprint density at radius 3 is 2.62 bits per heavy atom. The first-order chi connectivity index (χ1) is 10.1. The van der Waals surface area contributed by atoms with Gasteiger partial charge in [0, 0.05) is 11.9 Å². The molecular formula is C16H18N2O3. The van der Waals surface area contributed by atoms with Gasteiger partial charge in [0.25, 0.3) is 5.91 Å². The Bertz CT molecular complexity index is 650. The zero-order valence-corrected chi connectivity index (χ0v) is 12.1. The van der Waals surface area contributed by atoms with Crippen molar-refractivity contribution in [1.82, 2.24) is 10.6 Å². The number of carbonyl (C=O) groups is 2. The van der Waals surface area contributed by atoms with E-state index in [1.165, 1.54) is 0 Å². The largest absolute Gasteiger partial charge is 0.480 e. The van der Waals surface area contributed by atoms with Crippen molar-refractivity contribution < 1.29 is 14.3 Å². The molecule has 0 spiro atoms. The van der Waals surface area contributed by atoms with Crippen LogP contribution in [0.25, 0.3) is 10.8 Å². The lowest BCUT2D eigenvalue weighted by molar-refractivity contribution is -0.126. The molecule has 110 valence electrons. The van der Waals surface area contributed by atoms with E-state index >= 15 is 0 Å². The number of rotatable bonds is 4. The monoisotopic (exact) mass is 286 g/mol. The van der Waals surface area contributed by atoms with Gasteiger partial charge in [-0.2, -0.15) is 0 Å². The minimum atomic E-state index is -0.765. The highest BCUT2D eigenvalue weighted by atomic mass is 16.5. The number of carbonyl (C=O) groups excluding carboxylic acids is 2. The van der Waals surface area contributed by atoms with Gasteiger partial charge in [-0.1, -0.05) is 36.4 Å². The molecule has 0 fully saturated rings. The van der Waals surface area contributed by atoms with Gasteiger partial charge in [0.1, 0.15) is 5.75 Å². The highest BCUT2D eigenvalue weighted by Gasteiger charge is 2.17. The molecule has 0 aliphatic heterocycles. The molecule has 0 aromatic heterocycles. The molecule has 0 aliphatic rings. The molecule has 5 nitrogen and oxygen atoms in total. The number of fused-ring (bicyclic) bond motifs is 1. The topological polar surface area (TPSA) is 67.4 Å². The zero-order chi connectivity index (χ0) is 15.2. The van der Waals surface area contributed by atoms with Crippen LogP contribution in [-0.4, -0.2) is 24.6 Å². The number of amides is 3. The molecule has 2 N–H and O–H groups in total. The average Bonchev–Trinajstić information content (AvgIpc) is 2.47. The van der Waals surface area contributed by atoms with Crippen LogP contribution in [0.2, 0.25) is 0 Å². The molecule has 1 unspecified atom stereocenters. The fourth-order valence-corrected chi connectivity index (χ4v) is 1.96. The van der Waals surface area contributed by atoms with Crippen LogP contribution in [0.1, 0.15) is 13.8 Å². The summed E-state index contributed by atoms with van der Waals surface area (Å²) in [6, 6.07) is 12.9. The molecule has 0 saturated heterocycles. The molecule has 0 saturated carbocycles. The van der Waals surface area contributed by atoms with Crippen molar-refractivity contribution in [2.75, 3.05) is 6.54 Å². The third-order valence-electron chi connectivity index (χ3n) is 3.00. The van der Waals surface area contributed by atoms with Gasteiger partial charge >= 0.3 is 6.03 Å². The summed E-state index contributed by atoms with van der Waals surface area (Å²) >= 11 is 0. The lowest BCUT2D eigenvalue weighted by Crippen LogP contribution is -2.45. The Hall–Kier alpha value is -2.56. The van der Waals surface area contributed by atoms with Gasteiger partial charge in [-0.05, 0) is 25.3 Å². The average molecular weight is 286 g/mol. The molecule has 0 heterocycles. The third kappa shape index (κ3) is 3.72. The molecule has 5 heteroatoms. The van der Waals surface area contributed by atoms with Gasteiger partial charge in [-0.25, -0.2) is 4.79 Å². The quantitative estimate of drug-likeness (QED) is 0.907. The summed E-state index contributed by atoms with van der Waals surface area (Å²) < 4.78 is 5.68. The van der Waals surface area contributed by atoms with Crippen LogP contribution in [0.3, 0.4) is 0 Å². The maximum Gasteiger partial charge on any atom is 0.321 e. The molecule has 1 atom stereocenters. The number of benzene rings is 2. The summed E-state index contributed by atoms with van der Waals surface area (Å²) in [5, 5.41) is 6.70. The Balaban J connectivity index is 2.09. The standard InChI is InChI=1S/C16H18N2O3/c1-3-17-16(20)18-15(19)11(2)21-14-10-6-8-12-7-4-5-9-13(12)14/h4-11H,3H2,1-2H3,(H2,17,18,19,20). The molecule has 2 aromatic rings. The SMILES string of the molecule is CCNC(=O)NC(=O)C(C)Oc1cccc2ccccc12. The summed E-state index contributed by atoms with van der Waals surface area (Å²) in [7, 11) is 0. The zero-order valence-electron chi connectivity index (χ0n) is 12.1. The van der Waals surface area contributed by atoms with E-state index in [1.54, 1.807) is 19.9 Å². The van der Waals surface area contributed by atoms with E-state index in [1.807, 2.05) is 36.4 Å². The Morgan fingerprint density at radius 1 is 1.14 bits per heavy atom. The van der Waals surface area contributed by atoms with Crippen molar-refractivity contribution in [3.63, 3.8) is 0 Å². The number of urea groups is 1. The Morgan fingerprint density at radius 2 is 1.86 bits per heavy atom.